The summed E-state index contributed by atoms with van der Waals surface area (Å²) in [5.41, 5.74) is 1.13. The summed E-state index contributed by atoms with van der Waals surface area (Å²) in [5, 5.41) is 0. The third-order valence-electron chi connectivity index (χ3n) is 1.18. The van der Waals surface area contributed by atoms with Crippen molar-refractivity contribution in [2.45, 2.75) is 0 Å². The summed E-state index contributed by atoms with van der Waals surface area (Å²) >= 11 is 6.76. The molecule has 0 saturated carbocycles. The van der Waals surface area contributed by atoms with Crippen LogP contribution < -0.4 is 3.93 Å². The molecule has 10 heavy (non-hydrogen) atoms. The monoisotopic (exact) mass is 263 g/mol. The van der Waals surface area contributed by atoms with Crippen molar-refractivity contribution in [3.8, 4) is 0 Å². The van der Waals surface area contributed by atoms with Crippen molar-refractivity contribution in [2.75, 3.05) is 11.0 Å². The van der Waals surface area contributed by atoms with E-state index >= 15 is 0 Å². The van der Waals surface area contributed by atoms with Crippen LogP contribution in [0, 0.1) is 0 Å². The molecule has 1 aromatic carbocycles. The Morgan fingerprint density at radius 2 is 1.90 bits per heavy atom. The largest absolute Gasteiger partial charge is 0.311 e. The Labute approximate surface area is 77.5 Å². The molecule has 0 atom stereocenters. The average Bonchev–Trinajstić information content (AvgIpc) is 1.88. The molecule has 0 aromatic heterocycles. The van der Waals surface area contributed by atoms with Crippen molar-refractivity contribution >= 4 is 37.8 Å². The van der Waals surface area contributed by atoms with E-state index in [1.807, 2.05) is 35.2 Å². The summed E-state index contributed by atoms with van der Waals surface area (Å²) in [4.78, 5) is 0. The maximum absolute atomic E-state index is 3.43. The first kappa shape index (κ1) is 8.08. The standard InChI is InChI=1S/C7H7Br2N/c1-10(9)7-5-3-2-4-6(7)8/h2-5H,1H3. The highest BCUT2D eigenvalue weighted by Crippen LogP contribution is 2.26. The van der Waals surface area contributed by atoms with E-state index in [0.29, 0.717) is 0 Å². The maximum atomic E-state index is 3.43. The van der Waals surface area contributed by atoms with E-state index in [4.69, 9.17) is 0 Å². The van der Waals surface area contributed by atoms with Crippen molar-refractivity contribution in [3.63, 3.8) is 0 Å². The number of rotatable bonds is 1. The van der Waals surface area contributed by atoms with Gasteiger partial charge in [0, 0.05) is 27.7 Å². The van der Waals surface area contributed by atoms with Gasteiger partial charge >= 0.3 is 0 Å². The zero-order chi connectivity index (χ0) is 7.56. The lowest BCUT2D eigenvalue weighted by atomic mass is 10.3. The predicted octanol–water partition coefficient (Wildman–Crippen LogP) is 3.20. The van der Waals surface area contributed by atoms with Gasteiger partial charge in [-0.2, -0.15) is 0 Å². The lowest BCUT2D eigenvalue weighted by molar-refractivity contribution is 1.37. The molecule has 1 nitrogen and oxygen atoms in total. The van der Waals surface area contributed by atoms with Gasteiger partial charge in [0.1, 0.15) is 0 Å². The molecule has 0 fully saturated rings. The normalized spacial score (nSPS) is 9.50. The summed E-state index contributed by atoms with van der Waals surface area (Å²) in [6.45, 7) is 0. The molecule has 0 bridgehead atoms. The molecule has 0 N–H and O–H groups in total. The van der Waals surface area contributed by atoms with Gasteiger partial charge in [-0.1, -0.05) is 12.1 Å². The minimum Gasteiger partial charge on any atom is -0.311 e. The van der Waals surface area contributed by atoms with Crippen LogP contribution in [0.4, 0.5) is 5.69 Å². The van der Waals surface area contributed by atoms with Crippen LogP contribution in [0.5, 0.6) is 0 Å². The molecule has 0 unspecified atom stereocenters. The second kappa shape index (κ2) is 3.39. The van der Waals surface area contributed by atoms with Crippen LogP contribution in [-0.2, 0) is 0 Å². The van der Waals surface area contributed by atoms with E-state index in [1.54, 1.807) is 0 Å². The number of anilines is 1. The first-order valence-electron chi connectivity index (χ1n) is 2.86. The summed E-state index contributed by atoms with van der Waals surface area (Å²) in [6.07, 6.45) is 0. The zero-order valence-corrected chi connectivity index (χ0v) is 8.68. The molecular formula is C7H7Br2N. The van der Waals surface area contributed by atoms with Crippen molar-refractivity contribution in [3.05, 3.63) is 28.7 Å². The Kier molecular flexibility index (Phi) is 2.74. The molecule has 0 spiro atoms. The third kappa shape index (κ3) is 1.73. The average molecular weight is 265 g/mol. The molecule has 0 amide bonds. The molecule has 1 rings (SSSR count). The highest BCUT2D eigenvalue weighted by atomic mass is 79.9. The van der Waals surface area contributed by atoms with Crippen LogP contribution in [-0.4, -0.2) is 7.05 Å². The molecular weight excluding hydrogens is 258 g/mol. The maximum Gasteiger partial charge on any atom is 0.0609 e. The second-order valence-corrected chi connectivity index (χ2v) is 3.85. The molecule has 0 aliphatic rings. The van der Waals surface area contributed by atoms with Gasteiger partial charge in [0.05, 0.1) is 5.69 Å². The number of para-hydroxylation sites is 1. The zero-order valence-electron chi connectivity index (χ0n) is 5.51. The Bertz CT molecular complexity index is 223. The fraction of sp³-hybridized carbons (Fsp3) is 0.143. The summed E-state index contributed by atoms with van der Waals surface area (Å²) in [7, 11) is 1.94. The minimum absolute atomic E-state index is 1.09. The first-order chi connectivity index (χ1) is 4.72. The fourth-order valence-electron chi connectivity index (χ4n) is 0.702. The molecule has 0 heterocycles. The fourth-order valence-corrected chi connectivity index (χ4v) is 1.80. The Hall–Kier alpha value is -0.0200. The number of hydrogen-bond acceptors (Lipinski definition) is 1. The number of halogens is 2. The van der Waals surface area contributed by atoms with Crippen LogP contribution in [0.2, 0.25) is 0 Å². The van der Waals surface area contributed by atoms with Gasteiger partial charge in [-0.25, -0.2) is 0 Å². The molecule has 54 valence electrons. The predicted molar refractivity (Wildman–Crippen MR) is 51.5 cm³/mol. The Morgan fingerprint density at radius 3 is 2.30 bits per heavy atom. The lowest BCUT2D eigenvalue weighted by Gasteiger charge is -2.10. The van der Waals surface area contributed by atoms with Crippen LogP contribution in [0.1, 0.15) is 0 Å². The first-order valence-corrected chi connectivity index (χ1v) is 4.36. The molecule has 0 aliphatic carbocycles. The molecule has 1 aromatic rings. The van der Waals surface area contributed by atoms with Gasteiger partial charge in [-0.05, 0) is 28.1 Å². The van der Waals surface area contributed by atoms with Gasteiger partial charge in [0.2, 0.25) is 0 Å². The van der Waals surface area contributed by atoms with Crippen LogP contribution in [0.15, 0.2) is 28.7 Å². The summed E-state index contributed by atoms with van der Waals surface area (Å²) in [5.74, 6) is 0. The third-order valence-corrected chi connectivity index (χ3v) is 2.24. The molecule has 3 heteroatoms. The minimum atomic E-state index is 1.09. The Morgan fingerprint density at radius 1 is 1.30 bits per heavy atom. The van der Waals surface area contributed by atoms with Crippen molar-refractivity contribution in [1.29, 1.82) is 0 Å². The van der Waals surface area contributed by atoms with Crippen molar-refractivity contribution in [1.82, 2.24) is 0 Å². The van der Waals surface area contributed by atoms with Gasteiger partial charge in [0.15, 0.2) is 0 Å². The number of benzene rings is 1. The van der Waals surface area contributed by atoms with Gasteiger partial charge in [-0.15, -0.1) is 0 Å². The SMILES string of the molecule is CN(Br)c1ccccc1Br. The quantitative estimate of drug-likeness (QED) is 0.705. The molecule has 0 aliphatic heterocycles. The second-order valence-electron chi connectivity index (χ2n) is 1.93. The topological polar surface area (TPSA) is 3.24 Å². The van der Waals surface area contributed by atoms with E-state index in [0.717, 1.165) is 10.2 Å². The van der Waals surface area contributed by atoms with E-state index in [9.17, 15) is 0 Å². The Balaban J connectivity index is 3.03. The van der Waals surface area contributed by atoms with Crippen LogP contribution >= 0.6 is 32.1 Å². The number of nitrogens with zero attached hydrogens (tertiary/aromatic N) is 1. The molecule has 0 radical (unpaired) electrons. The van der Waals surface area contributed by atoms with Crippen LogP contribution in [0.25, 0.3) is 0 Å². The van der Waals surface area contributed by atoms with Gasteiger partial charge < -0.3 is 3.93 Å². The highest BCUT2D eigenvalue weighted by molar-refractivity contribution is 9.11. The lowest BCUT2D eigenvalue weighted by Crippen LogP contribution is -1.99. The van der Waals surface area contributed by atoms with Crippen molar-refractivity contribution in [2.24, 2.45) is 0 Å². The summed E-state index contributed by atoms with van der Waals surface area (Å²) < 4.78 is 2.98. The van der Waals surface area contributed by atoms with Crippen molar-refractivity contribution < 1.29 is 0 Å². The number of hydrogen-bond donors (Lipinski definition) is 0. The van der Waals surface area contributed by atoms with E-state index < -0.39 is 0 Å². The highest BCUT2D eigenvalue weighted by Gasteiger charge is 1.98. The van der Waals surface area contributed by atoms with Gasteiger partial charge in [0.25, 0.3) is 0 Å². The van der Waals surface area contributed by atoms with E-state index in [1.165, 1.54) is 0 Å². The van der Waals surface area contributed by atoms with Gasteiger partial charge in [-0.3, -0.25) is 0 Å². The van der Waals surface area contributed by atoms with Crippen LogP contribution in [0.3, 0.4) is 0 Å². The summed E-state index contributed by atoms with van der Waals surface area (Å²) in [6, 6.07) is 8.02. The van der Waals surface area contributed by atoms with E-state index in [2.05, 4.69) is 32.1 Å². The molecule has 0 saturated heterocycles. The van der Waals surface area contributed by atoms with E-state index in [-0.39, 0.29) is 0 Å². The smallest absolute Gasteiger partial charge is 0.0609 e.